The first kappa shape index (κ1) is 25.5. The number of methoxy groups -OCH3 is 1. The van der Waals surface area contributed by atoms with Crippen molar-refractivity contribution in [2.75, 3.05) is 13.7 Å². The van der Waals surface area contributed by atoms with Crippen LogP contribution in [-0.2, 0) is 17.9 Å². The molecule has 0 bridgehead atoms. The Morgan fingerprint density at radius 2 is 1.74 bits per heavy atom. The summed E-state index contributed by atoms with van der Waals surface area (Å²) in [6.45, 7) is -0.283. The maximum Gasteiger partial charge on any atom is 0.258 e. The van der Waals surface area contributed by atoms with E-state index in [9.17, 15) is 14.0 Å². The maximum atomic E-state index is 13.7. The van der Waals surface area contributed by atoms with Crippen LogP contribution >= 0.6 is 11.6 Å². The van der Waals surface area contributed by atoms with Crippen molar-refractivity contribution in [2.45, 2.75) is 13.1 Å². The van der Waals surface area contributed by atoms with Crippen LogP contribution in [0.1, 0.15) is 27.0 Å². The van der Waals surface area contributed by atoms with Crippen LogP contribution < -0.4 is 25.8 Å². The van der Waals surface area contributed by atoms with Crippen molar-refractivity contribution in [3.8, 4) is 11.5 Å². The van der Waals surface area contributed by atoms with Gasteiger partial charge in [-0.15, -0.1) is 0 Å². The van der Waals surface area contributed by atoms with Gasteiger partial charge in [0.1, 0.15) is 23.2 Å². The monoisotopic (exact) mass is 498 g/mol. The Bertz CT molecular complexity index is 1250. The van der Waals surface area contributed by atoms with Crippen LogP contribution in [0, 0.1) is 11.2 Å². The van der Waals surface area contributed by atoms with Gasteiger partial charge in [0.15, 0.2) is 6.61 Å². The molecule has 3 aromatic carbocycles. The van der Waals surface area contributed by atoms with Gasteiger partial charge in [-0.2, -0.15) is 0 Å². The molecular weight excluding hydrogens is 475 g/mol. The van der Waals surface area contributed by atoms with Crippen molar-refractivity contribution in [3.63, 3.8) is 0 Å². The lowest BCUT2D eigenvalue weighted by Gasteiger charge is -2.14. The molecule has 0 aliphatic heterocycles. The minimum atomic E-state index is -0.470. The second kappa shape index (κ2) is 11.8. The van der Waals surface area contributed by atoms with Gasteiger partial charge in [-0.3, -0.25) is 15.0 Å². The van der Waals surface area contributed by atoms with Gasteiger partial charge in [0.25, 0.3) is 11.8 Å². The minimum absolute atomic E-state index is 0.00830. The van der Waals surface area contributed by atoms with Crippen LogP contribution in [0.15, 0.2) is 60.7 Å². The normalized spacial score (nSPS) is 10.4. The van der Waals surface area contributed by atoms with E-state index in [0.717, 1.165) is 0 Å². The van der Waals surface area contributed by atoms with Gasteiger partial charge in [-0.25, -0.2) is 4.39 Å². The standard InChI is InChI=1S/C25H24ClFN4O4/c1-34-20-9-18(8-19(26)11-20)25(33)31-13-17-7-6-15(24(28)29)10-22(17)35-14-23(32)30-12-16-4-2-3-5-21(16)27/h2-11H,12-14H2,1H3,(H3,28,29)(H,30,32)(H,31,33). The molecule has 0 aliphatic rings. The summed E-state index contributed by atoms with van der Waals surface area (Å²) in [5.74, 6) is -0.752. The lowest BCUT2D eigenvalue weighted by Crippen LogP contribution is -2.29. The molecule has 35 heavy (non-hydrogen) atoms. The smallest absolute Gasteiger partial charge is 0.258 e. The molecule has 0 aliphatic carbocycles. The van der Waals surface area contributed by atoms with Crippen molar-refractivity contribution in [1.82, 2.24) is 10.6 Å². The Kier molecular flexibility index (Phi) is 8.63. The molecule has 0 aromatic heterocycles. The number of hydrogen-bond acceptors (Lipinski definition) is 5. The third-order valence-electron chi connectivity index (χ3n) is 4.98. The van der Waals surface area contributed by atoms with Crippen LogP contribution in [0.2, 0.25) is 5.02 Å². The predicted octanol–water partition coefficient (Wildman–Crippen LogP) is 3.40. The topological polar surface area (TPSA) is 127 Å². The van der Waals surface area contributed by atoms with Gasteiger partial charge in [0.2, 0.25) is 0 Å². The van der Waals surface area contributed by atoms with E-state index in [2.05, 4.69) is 10.6 Å². The number of nitrogens with two attached hydrogens (primary N) is 1. The number of rotatable bonds is 10. The zero-order valence-electron chi connectivity index (χ0n) is 18.9. The molecule has 2 amide bonds. The fraction of sp³-hybridized carbons (Fsp3) is 0.160. The van der Waals surface area contributed by atoms with Crippen molar-refractivity contribution in [1.29, 1.82) is 5.41 Å². The number of nitrogen functional groups attached to an aromatic ring is 1. The molecule has 0 unspecified atom stereocenters. The van der Waals surface area contributed by atoms with Crippen LogP contribution in [0.5, 0.6) is 11.5 Å². The molecule has 0 spiro atoms. The second-order valence-corrected chi connectivity index (χ2v) is 7.89. The molecular formula is C25H24ClFN4O4. The number of amidine groups is 1. The van der Waals surface area contributed by atoms with Crippen LogP contribution in [0.25, 0.3) is 0 Å². The quantitative estimate of drug-likeness (QED) is 0.252. The number of carbonyl (C=O) groups is 2. The third-order valence-corrected chi connectivity index (χ3v) is 5.20. The van der Waals surface area contributed by atoms with Gasteiger partial charge < -0.3 is 25.8 Å². The molecule has 0 saturated heterocycles. The highest BCUT2D eigenvalue weighted by Crippen LogP contribution is 2.23. The van der Waals surface area contributed by atoms with Gasteiger partial charge in [0.05, 0.1) is 7.11 Å². The summed E-state index contributed by atoms with van der Waals surface area (Å²) in [7, 11) is 1.47. The van der Waals surface area contributed by atoms with Crippen molar-refractivity contribution < 1.29 is 23.5 Å². The Balaban J connectivity index is 1.67. The van der Waals surface area contributed by atoms with E-state index in [1.165, 1.54) is 25.3 Å². The van der Waals surface area contributed by atoms with Gasteiger partial charge in [-0.05, 0) is 30.3 Å². The molecule has 8 nitrogen and oxygen atoms in total. The summed E-state index contributed by atoms with van der Waals surface area (Å²) >= 11 is 6.04. The number of amides is 2. The van der Waals surface area contributed by atoms with Crippen molar-refractivity contribution >= 4 is 29.3 Å². The average molecular weight is 499 g/mol. The average Bonchev–Trinajstić information content (AvgIpc) is 2.85. The number of benzene rings is 3. The first-order chi connectivity index (χ1) is 16.8. The van der Waals surface area contributed by atoms with E-state index in [0.29, 0.717) is 33.0 Å². The fourth-order valence-corrected chi connectivity index (χ4v) is 3.35. The molecule has 3 aromatic rings. The zero-order chi connectivity index (χ0) is 25.4. The second-order valence-electron chi connectivity index (χ2n) is 7.46. The SMILES string of the molecule is COc1cc(Cl)cc(C(=O)NCc2ccc(C(=N)N)cc2OCC(=O)NCc2ccccc2F)c1. The van der Waals surface area contributed by atoms with Crippen LogP contribution in [0.3, 0.4) is 0 Å². The fourth-order valence-electron chi connectivity index (χ4n) is 3.12. The van der Waals surface area contributed by atoms with Crippen molar-refractivity contribution in [3.05, 3.63) is 93.8 Å². The zero-order valence-corrected chi connectivity index (χ0v) is 19.6. The number of ether oxygens (including phenoxy) is 2. The summed E-state index contributed by atoms with van der Waals surface area (Å²) in [5, 5.41) is 13.4. The highest BCUT2D eigenvalue weighted by molar-refractivity contribution is 6.31. The van der Waals surface area contributed by atoms with E-state index in [-0.39, 0.29) is 31.3 Å². The molecule has 182 valence electrons. The molecule has 0 saturated carbocycles. The van der Waals surface area contributed by atoms with Gasteiger partial charge >= 0.3 is 0 Å². The van der Waals surface area contributed by atoms with Crippen LogP contribution in [0.4, 0.5) is 4.39 Å². The Morgan fingerprint density at radius 1 is 1.00 bits per heavy atom. The largest absolute Gasteiger partial charge is 0.497 e. The first-order valence-corrected chi connectivity index (χ1v) is 10.9. The van der Waals surface area contributed by atoms with E-state index in [4.69, 9.17) is 32.2 Å². The summed E-state index contributed by atoms with van der Waals surface area (Å²) < 4.78 is 24.5. The molecule has 10 heteroatoms. The number of halogens is 2. The summed E-state index contributed by atoms with van der Waals surface area (Å²) in [4.78, 5) is 24.9. The van der Waals surface area contributed by atoms with E-state index < -0.39 is 17.6 Å². The molecule has 0 radical (unpaired) electrons. The Morgan fingerprint density at radius 3 is 2.46 bits per heavy atom. The molecule has 3 rings (SSSR count). The Hall–Kier alpha value is -4.11. The van der Waals surface area contributed by atoms with Crippen molar-refractivity contribution in [2.24, 2.45) is 5.73 Å². The molecule has 5 N–H and O–H groups in total. The lowest BCUT2D eigenvalue weighted by molar-refractivity contribution is -0.123. The maximum absolute atomic E-state index is 13.7. The minimum Gasteiger partial charge on any atom is -0.497 e. The molecule has 0 heterocycles. The number of nitrogens with one attached hydrogen (secondary N) is 3. The van der Waals surface area contributed by atoms with E-state index >= 15 is 0 Å². The molecule has 0 atom stereocenters. The third kappa shape index (κ3) is 7.18. The van der Waals surface area contributed by atoms with Gasteiger partial charge in [-0.1, -0.05) is 41.9 Å². The van der Waals surface area contributed by atoms with Gasteiger partial charge in [0, 0.05) is 40.4 Å². The highest BCUT2D eigenvalue weighted by Gasteiger charge is 2.13. The number of hydrogen-bond donors (Lipinski definition) is 4. The summed E-state index contributed by atoms with van der Waals surface area (Å²) in [5.41, 5.74) is 7.18. The predicted molar refractivity (Wildman–Crippen MR) is 130 cm³/mol. The molecule has 0 fully saturated rings. The number of carbonyl (C=O) groups excluding carboxylic acids is 2. The van der Waals surface area contributed by atoms with E-state index in [1.807, 2.05) is 0 Å². The highest BCUT2D eigenvalue weighted by atomic mass is 35.5. The summed E-state index contributed by atoms with van der Waals surface area (Å²) in [6.07, 6.45) is 0. The lowest BCUT2D eigenvalue weighted by atomic mass is 10.1. The van der Waals surface area contributed by atoms with E-state index in [1.54, 1.807) is 42.5 Å². The van der Waals surface area contributed by atoms with Crippen LogP contribution in [-0.4, -0.2) is 31.4 Å². The summed E-state index contributed by atoms with van der Waals surface area (Å²) in [6, 6.07) is 15.5. The Labute approximate surface area is 206 Å². The first-order valence-electron chi connectivity index (χ1n) is 10.5.